The molecule has 3 amide bonds. The third-order valence-corrected chi connectivity index (χ3v) is 5.81. The Morgan fingerprint density at radius 2 is 1.50 bits per heavy atom. The molecule has 0 atom stereocenters. The van der Waals surface area contributed by atoms with Crippen molar-refractivity contribution in [3.8, 4) is 0 Å². The number of hydrogen-bond acceptors (Lipinski definition) is 2. The van der Waals surface area contributed by atoms with Gasteiger partial charge in [0.2, 0.25) is 0 Å². The first-order chi connectivity index (χ1) is 14.4. The van der Waals surface area contributed by atoms with Crippen molar-refractivity contribution in [3.63, 3.8) is 0 Å². The monoisotopic (exact) mass is 418 g/mol. The normalized spacial score (nSPS) is 15.7. The molecule has 0 spiro atoms. The van der Waals surface area contributed by atoms with Crippen molar-refractivity contribution in [2.75, 3.05) is 4.90 Å². The number of benzene rings is 3. The van der Waals surface area contributed by atoms with Gasteiger partial charge < -0.3 is 4.90 Å². The van der Waals surface area contributed by atoms with Crippen molar-refractivity contribution in [1.29, 1.82) is 0 Å². The summed E-state index contributed by atoms with van der Waals surface area (Å²) in [5, 5.41) is 0.484. The molecule has 4 nitrogen and oxygen atoms in total. The van der Waals surface area contributed by atoms with Crippen LogP contribution in [0.4, 0.5) is 10.5 Å². The summed E-state index contributed by atoms with van der Waals surface area (Å²) < 4.78 is 0. The summed E-state index contributed by atoms with van der Waals surface area (Å²) in [5.41, 5.74) is 2.91. The molecular weight excluding hydrogens is 396 g/mol. The second-order valence-electron chi connectivity index (χ2n) is 7.98. The Bertz CT molecular complexity index is 1100. The lowest BCUT2D eigenvalue weighted by Gasteiger charge is -2.28. The third kappa shape index (κ3) is 3.71. The molecule has 1 aliphatic heterocycles. The average Bonchev–Trinajstić information content (AvgIpc) is 2.89. The molecule has 0 bridgehead atoms. The van der Waals surface area contributed by atoms with E-state index in [1.54, 1.807) is 43.0 Å². The van der Waals surface area contributed by atoms with Crippen molar-refractivity contribution in [2.45, 2.75) is 32.4 Å². The molecule has 3 aromatic carbocycles. The Morgan fingerprint density at radius 3 is 2.20 bits per heavy atom. The molecule has 1 heterocycles. The van der Waals surface area contributed by atoms with E-state index in [0.717, 1.165) is 17.5 Å². The van der Waals surface area contributed by atoms with E-state index >= 15 is 0 Å². The zero-order valence-electron chi connectivity index (χ0n) is 17.0. The van der Waals surface area contributed by atoms with Gasteiger partial charge in [0.05, 0.1) is 5.69 Å². The van der Waals surface area contributed by atoms with Crippen molar-refractivity contribution >= 4 is 29.2 Å². The lowest BCUT2D eigenvalue weighted by molar-refractivity contribution is -0.123. The highest BCUT2D eigenvalue weighted by atomic mass is 35.5. The first-order valence-electron chi connectivity index (χ1n) is 9.90. The molecule has 0 saturated carbocycles. The molecule has 0 radical (unpaired) electrons. The van der Waals surface area contributed by atoms with Crippen molar-refractivity contribution in [3.05, 3.63) is 101 Å². The summed E-state index contributed by atoms with van der Waals surface area (Å²) in [5.74, 6) is -0.254. The van der Waals surface area contributed by atoms with Gasteiger partial charge in [-0.2, -0.15) is 0 Å². The van der Waals surface area contributed by atoms with E-state index in [2.05, 4.69) is 18.2 Å². The second kappa shape index (κ2) is 7.96. The number of carbonyl (C=O) groups excluding carboxylic acids is 2. The first-order valence-corrected chi connectivity index (χ1v) is 10.3. The van der Waals surface area contributed by atoms with E-state index in [4.69, 9.17) is 11.6 Å². The van der Waals surface area contributed by atoms with Crippen molar-refractivity contribution < 1.29 is 9.59 Å². The number of hydrogen-bond donors (Lipinski definition) is 0. The molecule has 0 unspecified atom stereocenters. The fraction of sp³-hybridized carbons (Fsp3) is 0.200. The van der Waals surface area contributed by atoms with Crippen LogP contribution in [0.2, 0.25) is 5.02 Å². The topological polar surface area (TPSA) is 40.6 Å². The predicted octanol–water partition coefficient (Wildman–Crippen LogP) is 5.68. The summed E-state index contributed by atoms with van der Waals surface area (Å²) in [4.78, 5) is 29.3. The lowest BCUT2D eigenvalue weighted by atomic mass is 9.97. The van der Waals surface area contributed by atoms with Gasteiger partial charge in [-0.25, -0.2) is 9.69 Å². The minimum Gasteiger partial charge on any atom is -0.305 e. The molecule has 1 saturated heterocycles. The van der Waals surface area contributed by atoms with Crippen LogP contribution < -0.4 is 4.90 Å². The Morgan fingerprint density at radius 1 is 0.833 bits per heavy atom. The molecule has 0 aromatic heterocycles. The van der Waals surface area contributed by atoms with Gasteiger partial charge in [-0.3, -0.25) is 4.79 Å². The Hall–Kier alpha value is -3.11. The lowest BCUT2D eigenvalue weighted by Crippen LogP contribution is -2.43. The van der Waals surface area contributed by atoms with Crippen LogP contribution in [0.3, 0.4) is 0 Å². The van der Waals surface area contributed by atoms with Crippen LogP contribution in [0.25, 0.3) is 0 Å². The summed E-state index contributed by atoms with van der Waals surface area (Å²) in [6.07, 6.45) is 0.769. The summed E-state index contributed by atoms with van der Waals surface area (Å²) in [6, 6.07) is 24.8. The largest absolute Gasteiger partial charge is 0.332 e. The molecule has 5 heteroatoms. The zero-order valence-corrected chi connectivity index (χ0v) is 17.8. The van der Waals surface area contributed by atoms with E-state index in [-0.39, 0.29) is 11.9 Å². The number of anilines is 1. The third-order valence-electron chi connectivity index (χ3n) is 5.57. The van der Waals surface area contributed by atoms with Crippen LogP contribution in [-0.2, 0) is 17.8 Å². The van der Waals surface area contributed by atoms with Crippen LogP contribution in [0, 0.1) is 0 Å². The molecule has 1 aliphatic rings. The maximum absolute atomic E-state index is 13.3. The Labute approximate surface area is 181 Å². The standard InChI is InChI=1S/C25H23ClN2O2/c1-25(2)23(29)28(22-14-8-13-21(26)16-22)24(30)27(25)17-20-12-7-6-11-19(20)15-18-9-4-3-5-10-18/h3-14,16H,15,17H2,1-2H3. The smallest absolute Gasteiger partial charge is 0.305 e. The van der Waals surface area contributed by atoms with Gasteiger partial charge in [-0.15, -0.1) is 0 Å². The van der Waals surface area contributed by atoms with Crippen molar-refractivity contribution in [2.24, 2.45) is 0 Å². The maximum Gasteiger partial charge on any atom is 0.332 e. The maximum atomic E-state index is 13.3. The van der Waals surface area contributed by atoms with Gasteiger partial charge >= 0.3 is 6.03 Å². The second-order valence-corrected chi connectivity index (χ2v) is 8.42. The molecule has 0 N–H and O–H groups in total. The number of urea groups is 1. The van der Waals surface area contributed by atoms with Crippen LogP contribution in [-0.4, -0.2) is 22.4 Å². The average molecular weight is 419 g/mol. The number of rotatable bonds is 5. The fourth-order valence-electron chi connectivity index (χ4n) is 3.81. The van der Waals surface area contributed by atoms with Crippen molar-refractivity contribution in [1.82, 2.24) is 4.90 Å². The van der Waals surface area contributed by atoms with Crippen LogP contribution >= 0.6 is 11.6 Å². The van der Waals surface area contributed by atoms with E-state index < -0.39 is 5.54 Å². The number of carbonyl (C=O) groups is 2. The Kier molecular flexibility index (Phi) is 5.35. The molecule has 0 aliphatic carbocycles. The molecular formula is C25H23ClN2O2. The number of nitrogens with zero attached hydrogens (tertiary/aromatic N) is 2. The van der Waals surface area contributed by atoms with Crippen LogP contribution in [0.15, 0.2) is 78.9 Å². The van der Waals surface area contributed by atoms with Gasteiger partial charge in [-0.05, 0) is 55.2 Å². The molecule has 4 rings (SSSR count). The quantitative estimate of drug-likeness (QED) is 0.500. The van der Waals surface area contributed by atoms with Gasteiger partial charge in [0.25, 0.3) is 5.91 Å². The highest BCUT2D eigenvalue weighted by molar-refractivity contribution is 6.31. The first kappa shape index (κ1) is 20.2. The Balaban J connectivity index is 1.65. The molecule has 30 heavy (non-hydrogen) atoms. The zero-order chi connectivity index (χ0) is 21.3. The molecule has 152 valence electrons. The summed E-state index contributed by atoms with van der Waals surface area (Å²) >= 11 is 6.09. The van der Waals surface area contributed by atoms with E-state index in [1.165, 1.54) is 10.5 Å². The van der Waals surface area contributed by atoms with Gasteiger partial charge in [0.15, 0.2) is 0 Å². The van der Waals surface area contributed by atoms with E-state index in [1.807, 2.05) is 36.4 Å². The van der Waals surface area contributed by atoms with Gasteiger partial charge in [0.1, 0.15) is 5.54 Å². The van der Waals surface area contributed by atoms with Crippen LogP contribution in [0.5, 0.6) is 0 Å². The number of halogens is 1. The SMILES string of the molecule is CC1(C)C(=O)N(c2cccc(Cl)c2)C(=O)N1Cc1ccccc1Cc1ccccc1. The van der Waals surface area contributed by atoms with E-state index in [9.17, 15) is 9.59 Å². The fourth-order valence-corrected chi connectivity index (χ4v) is 4.00. The predicted molar refractivity (Wildman–Crippen MR) is 120 cm³/mol. The molecule has 1 fully saturated rings. The van der Waals surface area contributed by atoms with Gasteiger partial charge in [0, 0.05) is 11.6 Å². The number of imide groups is 1. The van der Waals surface area contributed by atoms with Gasteiger partial charge in [-0.1, -0.05) is 72.3 Å². The summed E-state index contributed by atoms with van der Waals surface area (Å²) in [7, 11) is 0. The summed E-state index contributed by atoms with van der Waals surface area (Å²) in [6.45, 7) is 3.94. The highest BCUT2D eigenvalue weighted by Gasteiger charge is 2.51. The van der Waals surface area contributed by atoms with E-state index in [0.29, 0.717) is 17.3 Å². The minimum absolute atomic E-state index is 0.254. The minimum atomic E-state index is -0.959. The highest BCUT2D eigenvalue weighted by Crippen LogP contribution is 2.34. The molecule has 3 aromatic rings. The van der Waals surface area contributed by atoms with Crippen LogP contribution in [0.1, 0.15) is 30.5 Å². The number of amides is 3.